The van der Waals surface area contributed by atoms with Crippen LogP contribution in [0, 0.1) is 27.7 Å². The first-order valence-corrected chi connectivity index (χ1v) is 10.5. The molecular weight excluding hydrogens is 372 g/mol. The number of rotatable bonds is 6. The Kier molecular flexibility index (Phi) is 5.65. The van der Waals surface area contributed by atoms with Gasteiger partial charge >= 0.3 is 0 Å². The minimum atomic E-state index is -3.75. The summed E-state index contributed by atoms with van der Waals surface area (Å²) in [6.45, 7) is 8.40. The van der Waals surface area contributed by atoms with E-state index in [0.717, 1.165) is 5.69 Å². The van der Waals surface area contributed by atoms with Crippen LogP contribution in [0.2, 0.25) is 0 Å². The number of anilines is 2. The summed E-state index contributed by atoms with van der Waals surface area (Å²) in [7, 11) is -3.75. The highest BCUT2D eigenvalue weighted by Crippen LogP contribution is 2.18. The fourth-order valence-electron chi connectivity index (χ4n) is 2.89. The molecule has 1 heterocycles. The summed E-state index contributed by atoms with van der Waals surface area (Å²) in [6, 6.07) is 14.8. The van der Waals surface area contributed by atoms with Crippen LogP contribution in [0.5, 0.6) is 0 Å². The van der Waals surface area contributed by atoms with E-state index in [1.165, 1.54) is 16.7 Å². The van der Waals surface area contributed by atoms with E-state index in [9.17, 15) is 8.42 Å². The van der Waals surface area contributed by atoms with Crippen molar-refractivity contribution in [3.05, 3.63) is 76.6 Å². The molecule has 3 aromatic rings. The minimum absolute atomic E-state index is 0.0784. The molecule has 2 aromatic carbocycles. The summed E-state index contributed by atoms with van der Waals surface area (Å²) in [5, 5.41) is 3.33. The van der Waals surface area contributed by atoms with Crippen LogP contribution in [0.15, 0.2) is 53.4 Å². The summed E-state index contributed by atoms with van der Waals surface area (Å²) in [6.07, 6.45) is 0. The van der Waals surface area contributed by atoms with Crippen molar-refractivity contribution < 1.29 is 8.42 Å². The van der Waals surface area contributed by atoms with Crippen molar-refractivity contribution in [3.63, 3.8) is 0 Å². The Morgan fingerprint density at radius 1 is 0.857 bits per heavy atom. The molecular formula is C21H24N4O2S. The van der Waals surface area contributed by atoms with Crippen LogP contribution < -0.4 is 10.0 Å². The normalized spacial score (nSPS) is 11.3. The molecule has 0 aliphatic rings. The Labute approximate surface area is 166 Å². The number of aromatic nitrogens is 2. The van der Waals surface area contributed by atoms with Gasteiger partial charge in [-0.15, -0.1) is 0 Å². The quantitative estimate of drug-likeness (QED) is 0.655. The van der Waals surface area contributed by atoms with Crippen molar-refractivity contribution in [2.24, 2.45) is 0 Å². The molecule has 0 aliphatic heterocycles. The highest BCUT2D eigenvalue weighted by molar-refractivity contribution is 7.92. The van der Waals surface area contributed by atoms with E-state index in [1.54, 1.807) is 44.2 Å². The maximum atomic E-state index is 12.6. The van der Waals surface area contributed by atoms with E-state index in [-0.39, 0.29) is 10.8 Å². The summed E-state index contributed by atoms with van der Waals surface area (Å²) in [5.74, 6) is 0.0784. The smallest absolute Gasteiger partial charge is 0.264 e. The van der Waals surface area contributed by atoms with Gasteiger partial charge in [-0.2, -0.15) is 0 Å². The van der Waals surface area contributed by atoms with Crippen molar-refractivity contribution in [2.45, 2.75) is 39.1 Å². The molecule has 0 aliphatic carbocycles. The third-order valence-electron chi connectivity index (χ3n) is 4.36. The SMILES string of the molecule is Cc1ccc(C)c(CNc2ccc(S(=O)(=O)Nc3nc(C)cc(C)n3)cc2)c1. The van der Waals surface area contributed by atoms with E-state index < -0.39 is 10.0 Å². The maximum Gasteiger partial charge on any atom is 0.264 e. The molecule has 3 rings (SSSR count). The van der Waals surface area contributed by atoms with Crippen LogP contribution >= 0.6 is 0 Å². The van der Waals surface area contributed by atoms with E-state index in [2.05, 4.69) is 52.1 Å². The molecule has 7 heteroatoms. The molecule has 1 aromatic heterocycles. The summed E-state index contributed by atoms with van der Waals surface area (Å²) < 4.78 is 27.6. The van der Waals surface area contributed by atoms with E-state index >= 15 is 0 Å². The van der Waals surface area contributed by atoms with Crippen molar-refractivity contribution in [1.29, 1.82) is 0 Å². The summed E-state index contributed by atoms with van der Waals surface area (Å²) >= 11 is 0. The van der Waals surface area contributed by atoms with Gasteiger partial charge in [-0.05, 0) is 69.2 Å². The Morgan fingerprint density at radius 3 is 2.14 bits per heavy atom. The molecule has 0 bridgehead atoms. The topological polar surface area (TPSA) is 84.0 Å². The number of nitrogens with one attached hydrogen (secondary N) is 2. The third-order valence-corrected chi connectivity index (χ3v) is 5.70. The Hall–Kier alpha value is -2.93. The first-order valence-electron chi connectivity index (χ1n) is 8.98. The van der Waals surface area contributed by atoms with Crippen molar-refractivity contribution in [1.82, 2.24) is 9.97 Å². The molecule has 0 saturated carbocycles. The average molecular weight is 397 g/mol. The summed E-state index contributed by atoms with van der Waals surface area (Å²) in [5.41, 5.74) is 5.90. The Balaban J connectivity index is 1.71. The number of aryl methyl sites for hydroxylation is 4. The lowest BCUT2D eigenvalue weighted by atomic mass is 10.1. The van der Waals surface area contributed by atoms with Gasteiger partial charge in [0.15, 0.2) is 0 Å². The van der Waals surface area contributed by atoms with Gasteiger partial charge in [0, 0.05) is 23.6 Å². The van der Waals surface area contributed by atoms with Crippen molar-refractivity contribution in [3.8, 4) is 0 Å². The molecule has 0 amide bonds. The second kappa shape index (κ2) is 7.98. The van der Waals surface area contributed by atoms with Crippen molar-refractivity contribution in [2.75, 3.05) is 10.0 Å². The Morgan fingerprint density at radius 2 is 1.50 bits per heavy atom. The largest absolute Gasteiger partial charge is 0.381 e. The molecule has 0 unspecified atom stereocenters. The third kappa shape index (κ3) is 4.86. The lowest BCUT2D eigenvalue weighted by Gasteiger charge is -2.11. The lowest BCUT2D eigenvalue weighted by molar-refractivity contribution is 0.601. The molecule has 0 fully saturated rings. The fourth-order valence-corrected chi connectivity index (χ4v) is 3.83. The van der Waals surface area contributed by atoms with Crippen LogP contribution in [0.25, 0.3) is 0 Å². The molecule has 0 atom stereocenters. The van der Waals surface area contributed by atoms with Gasteiger partial charge in [0.2, 0.25) is 5.95 Å². The van der Waals surface area contributed by atoms with Crippen molar-refractivity contribution >= 4 is 21.7 Å². The van der Waals surface area contributed by atoms with Crippen LogP contribution in [-0.2, 0) is 16.6 Å². The van der Waals surface area contributed by atoms with E-state index in [1.807, 2.05) is 0 Å². The minimum Gasteiger partial charge on any atom is -0.381 e. The molecule has 28 heavy (non-hydrogen) atoms. The van der Waals surface area contributed by atoms with Gasteiger partial charge in [-0.25, -0.2) is 23.1 Å². The van der Waals surface area contributed by atoms with Gasteiger partial charge in [-0.1, -0.05) is 23.8 Å². The maximum absolute atomic E-state index is 12.6. The second-order valence-corrected chi connectivity index (χ2v) is 8.57. The highest BCUT2D eigenvalue weighted by atomic mass is 32.2. The summed E-state index contributed by atoms with van der Waals surface area (Å²) in [4.78, 5) is 8.41. The zero-order valence-corrected chi connectivity index (χ0v) is 17.3. The number of benzene rings is 2. The number of sulfonamides is 1. The van der Waals surface area contributed by atoms with Crippen LogP contribution in [0.4, 0.5) is 11.6 Å². The molecule has 2 N–H and O–H groups in total. The molecule has 0 radical (unpaired) electrons. The number of hydrogen-bond donors (Lipinski definition) is 2. The molecule has 6 nitrogen and oxygen atoms in total. The first-order chi connectivity index (χ1) is 13.2. The standard InChI is InChI=1S/C21H24N4O2S/c1-14-5-6-15(2)18(11-14)13-22-19-7-9-20(10-8-19)28(26,27)25-21-23-16(3)12-17(4)24-21/h5-12,22H,13H2,1-4H3,(H,23,24,25). The molecule has 146 valence electrons. The van der Waals surface area contributed by atoms with E-state index in [4.69, 9.17) is 0 Å². The lowest BCUT2D eigenvalue weighted by Crippen LogP contribution is -2.15. The predicted molar refractivity (Wildman–Crippen MR) is 112 cm³/mol. The van der Waals surface area contributed by atoms with E-state index in [0.29, 0.717) is 17.9 Å². The monoisotopic (exact) mass is 396 g/mol. The van der Waals surface area contributed by atoms with Gasteiger partial charge in [0.05, 0.1) is 4.90 Å². The van der Waals surface area contributed by atoms with Crippen LogP contribution in [0.1, 0.15) is 28.1 Å². The second-order valence-electron chi connectivity index (χ2n) is 6.89. The van der Waals surface area contributed by atoms with Gasteiger partial charge in [0.25, 0.3) is 10.0 Å². The predicted octanol–water partition coefficient (Wildman–Crippen LogP) is 4.12. The Bertz CT molecular complexity index is 1070. The van der Waals surface area contributed by atoms with Gasteiger partial charge in [-0.3, -0.25) is 0 Å². The van der Waals surface area contributed by atoms with Crippen LogP contribution in [-0.4, -0.2) is 18.4 Å². The number of hydrogen-bond acceptors (Lipinski definition) is 5. The molecule has 0 spiro atoms. The molecule has 0 saturated heterocycles. The zero-order valence-electron chi connectivity index (χ0n) is 16.4. The highest BCUT2D eigenvalue weighted by Gasteiger charge is 2.16. The van der Waals surface area contributed by atoms with Gasteiger partial charge in [0.1, 0.15) is 0 Å². The first kappa shape index (κ1) is 19.8. The van der Waals surface area contributed by atoms with Gasteiger partial charge < -0.3 is 5.32 Å². The number of nitrogens with zero attached hydrogens (tertiary/aromatic N) is 2. The zero-order chi connectivity index (χ0) is 20.3. The van der Waals surface area contributed by atoms with Crippen LogP contribution in [0.3, 0.4) is 0 Å². The fraction of sp³-hybridized carbons (Fsp3) is 0.238. The average Bonchev–Trinajstić information content (AvgIpc) is 2.61.